The van der Waals surface area contributed by atoms with Crippen LogP contribution < -0.4 is 16.0 Å². The van der Waals surface area contributed by atoms with Gasteiger partial charge < -0.3 is 21.1 Å². The summed E-state index contributed by atoms with van der Waals surface area (Å²) in [6.45, 7) is 9.71. The van der Waals surface area contributed by atoms with Gasteiger partial charge in [-0.15, -0.1) is 0 Å². The summed E-state index contributed by atoms with van der Waals surface area (Å²) >= 11 is 0. The third-order valence-corrected chi connectivity index (χ3v) is 7.44. The average Bonchev–Trinajstić information content (AvgIpc) is 2.89. The summed E-state index contributed by atoms with van der Waals surface area (Å²) in [5.74, 6) is -2.05. The van der Waals surface area contributed by atoms with Crippen LogP contribution in [0.2, 0.25) is 0 Å². The van der Waals surface area contributed by atoms with Gasteiger partial charge in [0.15, 0.2) is 0 Å². The summed E-state index contributed by atoms with van der Waals surface area (Å²) in [6, 6.07) is 4.76. The average molecular weight is 523 g/mol. The van der Waals surface area contributed by atoms with Crippen molar-refractivity contribution in [1.29, 1.82) is 0 Å². The van der Waals surface area contributed by atoms with E-state index in [0.717, 1.165) is 9.88 Å². The lowest BCUT2D eigenvalue weighted by molar-refractivity contribution is -0.142. The summed E-state index contributed by atoms with van der Waals surface area (Å²) in [7, 11) is -3.92. The Kier molecular flexibility index (Phi) is 13.5. The van der Waals surface area contributed by atoms with Gasteiger partial charge in [-0.05, 0) is 45.2 Å². The van der Waals surface area contributed by atoms with Gasteiger partial charge in [0.1, 0.15) is 12.1 Å². The molecule has 0 saturated carbocycles. The van der Waals surface area contributed by atoms with E-state index in [4.69, 9.17) is 0 Å². The number of carboxylic acid groups (broad SMARTS) is 1. The van der Waals surface area contributed by atoms with Crippen molar-refractivity contribution in [2.75, 3.05) is 19.6 Å². The van der Waals surface area contributed by atoms with Crippen LogP contribution in [0.3, 0.4) is 0 Å². The first kappa shape index (κ1) is 30.9. The van der Waals surface area contributed by atoms with E-state index in [0.29, 0.717) is 19.3 Å². The first-order chi connectivity index (χ1) is 17.1. The topological polar surface area (TPSA) is 145 Å². The van der Waals surface area contributed by atoms with Crippen molar-refractivity contribution in [3.05, 3.63) is 54.6 Å². The second-order valence-electron chi connectivity index (χ2n) is 8.17. The molecule has 2 rings (SSSR count). The van der Waals surface area contributed by atoms with Crippen LogP contribution in [-0.2, 0) is 19.6 Å². The molecule has 2 atom stereocenters. The van der Waals surface area contributed by atoms with E-state index in [1.54, 1.807) is 18.2 Å². The molecule has 1 aromatic carbocycles. The standard InChI is InChI=1S/C21H30N4O6S.C4H8/c1-3-15(2)13-22-21(29)23-14-17(20(27)28)24-19(26)18-11-7-8-12-25(18)32(30,31)16-9-5-4-6-10-16;1-3-4-2/h4-6,9-10,17-18H,2-3,7-8,11-14H2,1H3,(H,24,26)(H,27,28)(H2,22,23,29);3-4H,1-2H3/b;4-3-/t17-,18?;/m0./s1. The van der Waals surface area contributed by atoms with Gasteiger partial charge in [-0.2, -0.15) is 4.31 Å². The van der Waals surface area contributed by atoms with Gasteiger partial charge in [-0.1, -0.05) is 55.8 Å². The molecule has 1 saturated heterocycles. The maximum absolute atomic E-state index is 13.0. The Labute approximate surface area is 213 Å². The van der Waals surface area contributed by atoms with Crippen LogP contribution in [0.15, 0.2) is 59.5 Å². The van der Waals surface area contributed by atoms with Crippen LogP contribution in [-0.4, -0.2) is 67.5 Å². The molecule has 0 bridgehead atoms. The first-order valence-corrected chi connectivity index (χ1v) is 13.4. The van der Waals surface area contributed by atoms with Crippen molar-refractivity contribution >= 4 is 27.9 Å². The number of nitrogens with one attached hydrogen (secondary N) is 3. The molecule has 4 N–H and O–H groups in total. The zero-order valence-electron chi connectivity index (χ0n) is 21.2. The lowest BCUT2D eigenvalue weighted by Crippen LogP contribution is -2.57. The number of carbonyl (C=O) groups is 3. The highest BCUT2D eigenvalue weighted by molar-refractivity contribution is 7.89. The number of allylic oxidation sites excluding steroid dienone is 2. The number of amides is 3. The lowest BCUT2D eigenvalue weighted by Gasteiger charge is -2.34. The highest BCUT2D eigenvalue weighted by atomic mass is 32.2. The molecule has 0 radical (unpaired) electrons. The summed E-state index contributed by atoms with van der Waals surface area (Å²) in [6.07, 6.45) is 6.21. The molecule has 1 fully saturated rings. The smallest absolute Gasteiger partial charge is 0.328 e. The Bertz CT molecular complexity index is 1010. The van der Waals surface area contributed by atoms with E-state index in [1.165, 1.54) is 12.1 Å². The van der Waals surface area contributed by atoms with Crippen molar-refractivity contribution in [2.45, 2.75) is 63.4 Å². The molecular weight excluding hydrogens is 484 g/mol. The number of carbonyl (C=O) groups excluding carboxylic acids is 2. The molecule has 0 spiro atoms. The molecule has 10 nitrogen and oxygen atoms in total. The van der Waals surface area contributed by atoms with Crippen molar-refractivity contribution < 1.29 is 27.9 Å². The number of urea groups is 1. The molecule has 3 amide bonds. The van der Waals surface area contributed by atoms with E-state index in [1.807, 2.05) is 32.9 Å². The van der Waals surface area contributed by atoms with E-state index < -0.39 is 40.0 Å². The summed E-state index contributed by atoms with van der Waals surface area (Å²) in [5.41, 5.74) is 0.806. The van der Waals surface area contributed by atoms with E-state index in [9.17, 15) is 27.9 Å². The number of hydrogen-bond donors (Lipinski definition) is 4. The largest absolute Gasteiger partial charge is 0.480 e. The molecular formula is C25H38N4O6S. The first-order valence-electron chi connectivity index (χ1n) is 11.9. The number of nitrogens with zero attached hydrogens (tertiary/aromatic N) is 1. The van der Waals surface area contributed by atoms with Crippen LogP contribution in [0, 0.1) is 0 Å². The molecule has 11 heteroatoms. The molecule has 1 heterocycles. The Hall–Kier alpha value is -3.18. The second kappa shape index (κ2) is 15.7. The van der Waals surface area contributed by atoms with Gasteiger partial charge in [0, 0.05) is 13.1 Å². The van der Waals surface area contributed by atoms with Crippen LogP contribution in [0.1, 0.15) is 46.5 Å². The van der Waals surface area contributed by atoms with Gasteiger partial charge in [-0.3, -0.25) is 4.79 Å². The summed E-state index contributed by atoms with van der Waals surface area (Å²) in [4.78, 5) is 36.4. The van der Waals surface area contributed by atoms with Gasteiger partial charge in [-0.25, -0.2) is 18.0 Å². The van der Waals surface area contributed by atoms with Crippen LogP contribution >= 0.6 is 0 Å². The van der Waals surface area contributed by atoms with Crippen LogP contribution in [0.4, 0.5) is 4.79 Å². The number of carboxylic acids is 1. The predicted molar refractivity (Wildman–Crippen MR) is 139 cm³/mol. The minimum atomic E-state index is -3.92. The molecule has 1 unspecified atom stereocenters. The number of hydrogen-bond acceptors (Lipinski definition) is 5. The normalized spacial score (nSPS) is 16.8. The Morgan fingerprint density at radius 1 is 1.14 bits per heavy atom. The van der Waals surface area contributed by atoms with E-state index >= 15 is 0 Å². The third-order valence-electron chi connectivity index (χ3n) is 5.52. The minimum Gasteiger partial charge on any atom is -0.480 e. The Morgan fingerprint density at radius 3 is 2.33 bits per heavy atom. The fourth-order valence-electron chi connectivity index (χ4n) is 3.24. The van der Waals surface area contributed by atoms with Gasteiger partial charge in [0.25, 0.3) is 0 Å². The van der Waals surface area contributed by atoms with Crippen molar-refractivity contribution in [2.24, 2.45) is 0 Å². The molecule has 200 valence electrons. The quantitative estimate of drug-likeness (QED) is 0.348. The molecule has 1 aliphatic rings. The van der Waals surface area contributed by atoms with Gasteiger partial charge in [0.2, 0.25) is 15.9 Å². The molecule has 36 heavy (non-hydrogen) atoms. The number of sulfonamides is 1. The third kappa shape index (κ3) is 9.82. The number of piperidine rings is 1. The van der Waals surface area contributed by atoms with Crippen molar-refractivity contribution in [3.8, 4) is 0 Å². The van der Waals surface area contributed by atoms with Crippen LogP contribution in [0.25, 0.3) is 0 Å². The highest BCUT2D eigenvalue weighted by Crippen LogP contribution is 2.25. The maximum Gasteiger partial charge on any atom is 0.328 e. The molecule has 1 aromatic rings. The molecule has 0 aliphatic carbocycles. The van der Waals surface area contributed by atoms with Crippen molar-refractivity contribution in [3.63, 3.8) is 0 Å². The second-order valence-corrected chi connectivity index (χ2v) is 10.1. The zero-order chi connectivity index (χ0) is 27.1. The van der Waals surface area contributed by atoms with Gasteiger partial charge in [0.05, 0.1) is 11.4 Å². The summed E-state index contributed by atoms with van der Waals surface area (Å²) in [5, 5.41) is 16.8. The van der Waals surface area contributed by atoms with Gasteiger partial charge >= 0.3 is 12.0 Å². The minimum absolute atomic E-state index is 0.0708. The lowest BCUT2D eigenvalue weighted by atomic mass is 10.0. The highest BCUT2D eigenvalue weighted by Gasteiger charge is 2.38. The summed E-state index contributed by atoms with van der Waals surface area (Å²) < 4.78 is 27.2. The SMILES string of the molecule is C/C=C\C.C=C(CC)CNC(=O)NC[C@H](NC(=O)C1CCCCN1S(=O)(=O)c1ccccc1)C(=O)O. The monoisotopic (exact) mass is 522 g/mol. The number of aliphatic carboxylic acids is 1. The van der Waals surface area contributed by atoms with Crippen molar-refractivity contribution in [1.82, 2.24) is 20.3 Å². The maximum atomic E-state index is 13.0. The number of benzene rings is 1. The number of rotatable bonds is 10. The zero-order valence-corrected chi connectivity index (χ0v) is 22.0. The molecule has 0 aromatic heterocycles. The Balaban J connectivity index is 0.00000150. The molecule has 1 aliphatic heterocycles. The fraction of sp³-hybridized carbons (Fsp3) is 0.480. The fourth-order valence-corrected chi connectivity index (χ4v) is 4.92. The van der Waals surface area contributed by atoms with E-state index in [2.05, 4.69) is 22.5 Å². The Morgan fingerprint density at radius 2 is 1.78 bits per heavy atom. The van der Waals surface area contributed by atoms with E-state index in [-0.39, 0.29) is 31.0 Å². The van der Waals surface area contributed by atoms with Crippen LogP contribution in [0.5, 0.6) is 0 Å². The predicted octanol–water partition coefficient (Wildman–Crippen LogP) is 2.65.